The van der Waals surface area contributed by atoms with E-state index < -0.39 is 17.7 Å². The Hall–Kier alpha value is -1.55. The lowest BCUT2D eigenvalue weighted by molar-refractivity contribution is 0.0717. The molecule has 1 aliphatic carbocycles. The molecule has 0 saturated heterocycles. The van der Waals surface area contributed by atoms with Gasteiger partial charge in [0.05, 0.1) is 0 Å². The fourth-order valence-corrected chi connectivity index (χ4v) is 1.53. The number of ketones is 1. The first kappa shape index (κ1) is 9.98. The van der Waals surface area contributed by atoms with Crippen LogP contribution < -0.4 is 0 Å². The van der Waals surface area contributed by atoms with Crippen molar-refractivity contribution in [2.24, 2.45) is 0 Å². The molecule has 0 bridgehead atoms. The van der Waals surface area contributed by atoms with Crippen molar-refractivity contribution in [1.29, 1.82) is 0 Å². The van der Waals surface area contributed by atoms with Gasteiger partial charge in [-0.1, -0.05) is 6.08 Å². The Balaban J connectivity index is 2.55. The highest BCUT2D eigenvalue weighted by Gasteiger charge is 2.24. The van der Waals surface area contributed by atoms with E-state index in [9.17, 15) is 13.6 Å². The van der Waals surface area contributed by atoms with Crippen LogP contribution in [0.2, 0.25) is 0 Å². The van der Waals surface area contributed by atoms with Gasteiger partial charge in [0.25, 0.3) is 0 Å². The maximum atomic E-state index is 12.9. The van der Waals surface area contributed by atoms with E-state index >= 15 is 0 Å². The minimum Gasteiger partial charge on any atom is -0.369 e. The van der Waals surface area contributed by atoms with Gasteiger partial charge in [0.2, 0.25) is 0 Å². The van der Waals surface area contributed by atoms with E-state index in [4.69, 9.17) is 4.74 Å². The monoisotopic (exact) mass is 210 g/mol. The lowest BCUT2D eigenvalue weighted by Crippen LogP contribution is -2.24. The lowest BCUT2D eigenvalue weighted by Gasteiger charge is -2.16. The number of hydrogen-bond acceptors (Lipinski definition) is 2. The summed E-state index contributed by atoms with van der Waals surface area (Å²) in [6.07, 6.45) is 2.36. The van der Waals surface area contributed by atoms with Crippen LogP contribution in [0.5, 0.6) is 0 Å². The average molecular weight is 210 g/mol. The molecule has 78 valence electrons. The largest absolute Gasteiger partial charge is 0.369 e. The highest BCUT2D eigenvalue weighted by atomic mass is 19.2. The van der Waals surface area contributed by atoms with E-state index in [2.05, 4.69) is 0 Å². The van der Waals surface area contributed by atoms with Crippen molar-refractivity contribution in [3.63, 3.8) is 0 Å². The zero-order valence-corrected chi connectivity index (χ0v) is 7.96. The molecule has 15 heavy (non-hydrogen) atoms. The smallest absolute Gasteiger partial charge is 0.196 e. The van der Waals surface area contributed by atoms with Crippen LogP contribution in [-0.2, 0) is 4.74 Å². The van der Waals surface area contributed by atoms with E-state index in [-0.39, 0.29) is 11.3 Å². The van der Waals surface area contributed by atoms with Gasteiger partial charge in [0.15, 0.2) is 17.4 Å². The molecule has 0 heterocycles. The van der Waals surface area contributed by atoms with E-state index in [1.54, 1.807) is 6.08 Å². The molecule has 0 fully saturated rings. The van der Waals surface area contributed by atoms with Gasteiger partial charge in [-0.15, -0.1) is 0 Å². The highest BCUT2D eigenvalue weighted by Crippen LogP contribution is 2.23. The van der Waals surface area contributed by atoms with Crippen LogP contribution >= 0.6 is 0 Å². The second-order valence-corrected chi connectivity index (χ2v) is 3.23. The zero-order chi connectivity index (χ0) is 11.0. The Morgan fingerprint density at radius 3 is 2.60 bits per heavy atom. The van der Waals surface area contributed by atoms with Crippen LogP contribution in [0.4, 0.5) is 8.78 Å². The van der Waals surface area contributed by atoms with Gasteiger partial charge in [-0.2, -0.15) is 0 Å². The van der Waals surface area contributed by atoms with Crippen LogP contribution in [-0.4, -0.2) is 19.0 Å². The number of ether oxygens (including phenoxy) is 1. The minimum absolute atomic E-state index is 0.156. The summed E-state index contributed by atoms with van der Waals surface area (Å²) in [6, 6.07) is 1.91. The molecule has 0 N–H and O–H groups in total. The molecular weight excluding hydrogens is 202 g/mol. The number of carbonyl (C=O) groups is 1. The van der Waals surface area contributed by atoms with Crippen LogP contribution in [0.15, 0.2) is 18.2 Å². The third kappa shape index (κ3) is 1.57. The van der Waals surface area contributed by atoms with Crippen molar-refractivity contribution in [3.05, 3.63) is 41.0 Å². The number of Topliss-reactive ketones (excluding diaryl/α,β-unsaturated/α-hetero) is 1. The Morgan fingerprint density at radius 2 is 1.93 bits per heavy atom. The molecule has 0 saturated carbocycles. The fourth-order valence-electron chi connectivity index (χ4n) is 1.53. The molecule has 2 nitrogen and oxygen atoms in total. The van der Waals surface area contributed by atoms with Crippen LogP contribution in [0.3, 0.4) is 0 Å². The summed E-state index contributed by atoms with van der Waals surface area (Å²) in [6.45, 7) is 0. The van der Waals surface area contributed by atoms with Crippen molar-refractivity contribution >= 4 is 11.9 Å². The molecule has 0 radical (unpaired) electrons. The third-order valence-electron chi connectivity index (χ3n) is 2.32. The number of hydrogen-bond donors (Lipinski definition) is 0. The van der Waals surface area contributed by atoms with E-state index in [0.29, 0.717) is 5.56 Å². The highest BCUT2D eigenvalue weighted by molar-refractivity contribution is 6.06. The Morgan fingerprint density at radius 1 is 1.27 bits per heavy atom. The Kier molecular flexibility index (Phi) is 2.36. The molecule has 4 heteroatoms. The maximum absolute atomic E-state index is 12.9. The van der Waals surface area contributed by atoms with E-state index in [1.165, 1.54) is 13.2 Å². The van der Waals surface area contributed by atoms with Crippen LogP contribution in [0.1, 0.15) is 15.9 Å². The number of rotatable bonds is 1. The summed E-state index contributed by atoms with van der Waals surface area (Å²) in [5.74, 6) is -2.33. The van der Waals surface area contributed by atoms with Gasteiger partial charge in [-0.25, -0.2) is 8.78 Å². The van der Waals surface area contributed by atoms with E-state index in [1.807, 2.05) is 0 Å². The molecule has 0 aromatic heterocycles. The molecule has 1 aromatic rings. The number of fused-ring (bicyclic) bond motifs is 1. The first-order valence-corrected chi connectivity index (χ1v) is 4.37. The van der Waals surface area contributed by atoms with Crippen molar-refractivity contribution in [2.75, 3.05) is 7.11 Å². The van der Waals surface area contributed by atoms with Gasteiger partial charge in [-0.05, 0) is 23.8 Å². The van der Waals surface area contributed by atoms with Crippen LogP contribution in [0, 0.1) is 11.6 Å². The summed E-state index contributed by atoms with van der Waals surface area (Å²) in [5, 5.41) is 0. The topological polar surface area (TPSA) is 26.3 Å². The zero-order valence-electron chi connectivity index (χ0n) is 7.96. The lowest BCUT2D eigenvalue weighted by atomic mass is 9.94. The molecule has 1 aromatic carbocycles. The number of benzene rings is 1. The van der Waals surface area contributed by atoms with Crippen LogP contribution in [0.25, 0.3) is 6.08 Å². The summed E-state index contributed by atoms with van der Waals surface area (Å²) < 4.78 is 30.7. The summed E-state index contributed by atoms with van der Waals surface area (Å²) in [5.41, 5.74) is 0.537. The standard InChI is InChI=1S/C11H8F2O2/c1-15-10-3-2-6-4-8(12)9(13)5-7(6)11(10)14/h2-5,10H,1H3/t10-/m0/s1. The average Bonchev–Trinajstić information content (AvgIpc) is 2.22. The SMILES string of the molecule is CO[C@H]1C=Cc2cc(F)c(F)cc2C1=O. The summed E-state index contributed by atoms with van der Waals surface area (Å²) in [7, 11) is 1.39. The number of halogens is 2. The molecule has 2 rings (SSSR count). The molecule has 1 atom stereocenters. The van der Waals surface area contributed by atoms with Crippen molar-refractivity contribution in [1.82, 2.24) is 0 Å². The second-order valence-electron chi connectivity index (χ2n) is 3.23. The predicted molar refractivity (Wildman–Crippen MR) is 50.5 cm³/mol. The third-order valence-corrected chi connectivity index (χ3v) is 2.32. The number of methoxy groups -OCH3 is 1. The molecule has 0 aliphatic heterocycles. The van der Waals surface area contributed by atoms with Crippen molar-refractivity contribution < 1.29 is 18.3 Å². The Bertz CT molecular complexity index is 452. The van der Waals surface area contributed by atoms with Gasteiger partial charge in [0.1, 0.15) is 6.10 Å². The fraction of sp³-hybridized carbons (Fsp3) is 0.182. The van der Waals surface area contributed by atoms with Gasteiger partial charge >= 0.3 is 0 Å². The minimum atomic E-state index is -1.02. The predicted octanol–water partition coefficient (Wildman–Crippen LogP) is 2.19. The van der Waals surface area contributed by atoms with Gasteiger partial charge in [0, 0.05) is 12.7 Å². The first-order chi connectivity index (χ1) is 7.13. The summed E-state index contributed by atoms with van der Waals surface area (Å²) in [4.78, 5) is 11.6. The van der Waals surface area contributed by atoms with Gasteiger partial charge < -0.3 is 4.74 Å². The quantitative estimate of drug-likeness (QED) is 0.710. The molecule has 0 amide bonds. The van der Waals surface area contributed by atoms with Crippen molar-refractivity contribution in [3.8, 4) is 0 Å². The van der Waals surface area contributed by atoms with E-state index in [0.717, 1.165) is 12.1 Å². The second kappa shape index (κ2) is 3.55. The normalized spacial score (nSPS) is 19.1. The Labute approximate surface area is 85.2 Å². The maximum Gasteiger partial charge on any atom is 0.196 e. The molecule has 0 unspecified atom stereocenters. The first-order valence-electron chi connectivity index (χ1n) is 4.37. The molecular formula is C11H8F2O2. The van der Waals surface area contributed by atoms with Crippen molar-refractivity contribution in [2.45, 2.75) is 6.10 Å². The molecule has 0 spiro atoms. The number of carbonyl (C=O) groups excluding carboxylic acids is 1. The van der Waals surface area contributed by atoms with Gasteiger partial charge in [-0.3, -0.25) is 4.79 Å². The summed E-state index contributed by atoms with van der Waals surface area (Å²) >= 11 is 0. The molecule has 1 aliphatic rings.